The molecule has 5 heteroatoms. The van der Waals surface area contributed by atoms with E-state index in [1.54, 1.807) is 12.1 Å². The summed E-state index contributed by atoms with van der Waals surface area (Å²) in [6, 6.07) is 5.92. The Bertz CT molecular complexity index is 347. The third kappa shape index (κ3) is 5.09. The number of anilines is 1. The number of nitro groups is 1. The normalized spacial score (nSPS) is 8.69. The van der Waals surface area contributed by atoms with E-state index < -0.39 is 4.92 Å². The highest BCUT2D eigenvalue weighted by Gasteiger charge is 2.03. The molecule has 1 N–H and O–H groups in total. The van der Waals surface area contributed by atoms with Crippen LogP contribution in [0.15, 0.2) is 24.3 Å². The predicted molar refractivity (Wildman–Crippen MR) is 63.6 cm³/mol. The highest BCUT2D eigenvalue weighted by molar-refractivity contribution is 5.80. The van der Waals surface area contributed by atoms with Crippen molar-refractivity contribution < 1.29 is 9.72 Å². The van der Waals surface area contributed by atoms with Crippen molar-refractivity contribution in [2.45, 2.75) is 20.8 Å². The van der Waals surface area contributed by atoms with Gasteiger partial charge in [0, 0.05) is 17.8 Å². The maximum absolute atomic E-state index is 10.6. The van der Waals surface area contributed by atoms with Crippen molar-refractivity contribution in [3.63, 3.8) is 0 Å². The van der Waals surface area contributed by atoms with Crippen LogP contribution in [-0.4, -0.2) is 17.3 Å². The van der Waals surface area contributed by atoms with E-state index in [9.17, 15) is 14.9 Å². The van der Waals surface area contributed by atoms with Gasteiger partial charge in [-0.1, -0.05) is 13.8 Å². The Balaban J connectivity index is 0.00000106. The van der Waals surface area contributed by atoms with Gasteiger partial charge in [-0.3, -0.25) is 14.9 Å². The van der Waals surface area contributed by atoms with E-state index in [0.29, 0.717) is 5.69 Å². The first-order valence-electron chi connectivity index (χ1n) is 5.07. The molecule has 0 aliphatic heterocycles. The highest BCUT2D eigenvalue weighted by atomic mass is 16.6. The summed E-state index contributed by atoms with van der Waals surface area (Å²) in [7, 11) is 0. The topological polar surface area (TPSA) is 72.2 Å². The molecule has 0 atom stereocenters. The second kappa shape index (κ2) is 7.39. The number of nitro benzene ring substituents is 1. The fraction of sp³-hybridized carbons (Fsp3) is 0.364. The molecule has 0 amide bonds. The van der Waals surface area contributed by atoms with Gasteiger partial charge in [0.25, 0.3) is 5.69 Å². The minimum Gasteiger partial charge on any atom is -0.378 e. The van der Waals surface area contributed by atoms with E-state index in [4.69, 9.17) is 0 Å². The number of ketones is 1. The zero-order valence-electron chi connectivity index (χ0n) is 9.69. The minimum atomic E-state index is -0.464. The Morgan fingerprint density at radius 3 is 2.19 bits per heavy atom. The van der Waals surface area contributed by atoms with Crippen molar-refractivity contribution in [1.29, 1.82) is 0 Å². The number of hydrogen-bond donors (Lipinski definition) is 1. The number of rotatable bonds is 4. The van der Waals surface area contributed by atoms with E-state index in [1.165, 1.54) is 19.1 Å². The third-order valence-electron chi connectivity index (χ3n) is 1.62. The molecule has 0 heterocycles. The number of non-ortho nitro benzene ring substituents is 1. The highest BCUT2D eigenvalue weighted by Crippen LogP contribution is 2.14. The summed E-state index contributed by atoms with van der Waals surface area (Å²) in [5.74, 6) is 0.0170. The third-order valence-corrected chi connectivity index (χ3v) is 1.62. The minimum absolute atomic E-state index is 0.0170. The Morgan fingerprint density at radius 2 is 1.81 bits per heavy atom. The van der Waals surface area contributed by atoms with Crippen LogP contribution in [0.25, 0.3) is 0 Å². The van der Waals surface area contributed by atoms with Crippen LogP contribution in [-0.2, 0) is 4.79 Å². The second-order valence-corrected chi connectivity index (χ2v) is 2.86. The molecule has 0 aliphatic carbocycles. The molecule has 1 rings (SSSR count). The molecule has 0 fully saturated rings. The zero-order valence-corrected chi connectivity index (χ0v) is 9.69. The first-order valence-corrected chi connectivity index (χ1v) is 5.07. The van der Waals surface area contributed by atoms with Crippen LogP contribution in [0.4, 0.5) is 11.4 Å². The van der Waals surface area contributed by atoms with Gasteiger partial charge in [0.15, 0.2) is 0 Å². The van der Waals surface area contributed by atoms with E-state index in [-0.39, 0.29) is 18.0 Å². The lowest BCUT2D eigenvalue weighted by atomic mass is 10.3. The van der Waals surface area contributed by atoms with Crippen LogP contribution in [0.1, 0.15) is 20.8 Å². The SMILES string of the molecule is CC.CC(=O)CNc1ccc([N+](=O)[O-])cc1. The molecule has 0 saturated carbocycles. The van der Waals surface area contributed by atoms with Crippen molar-refractivity contribution in [2.75, 3.05) is 11.9 Å². The first kappa shape index (κ1) is 14.1. The number of benzene rings is 1. The second-order valence-electron chi connectivity index (χ2n) is 2.86. The van der Waals surface area contributed by atoms with Gasteiger partial charge >= 0.3 is 0 Å². The molecule has 0 saturated heterocycles. The molecule has 0 spiro atoms. The Hall–Kier alpha value is -1.91. The number of carbonyl (C=O) groups is 1. The zero-order chi connectivity index (χ0) is 12.6. The van der Waals surface area contributed by atoms with Crippen LogP contribution in [0.2, 0.25) is 0 Å². The molecule has 0 aromatic heterocycles. The van der Waals surface area contributed by atoms with Gasteiger partial charge in [0.1, 0.15) is 5.78 Å². The van der Waals surface area contributed by atoms with E-state index in [0.717, 1.165) is 0 Å². The lowest BCUT2D eigenvalue weighted by Crippen LogP contribution is -2.09. The Labute approximate surface area is 94.6 Å². The summed E-state index contributed by atoms with van der Waals surface area (Å²) in [4.78, 5) is 20.5. The fourth-order valence-electron chi connectivity index (χ4n) is 0.928. The number of nitrogens with zero attached hydrogens (tertiary/aromatic N) is 1. The van der Waals surface area contributed by atoms with Gasteiger partial charge in [-0.15, -0.1) is 0 Å². The largest absolute Gasteiger partial charge is 0.378 e. The van der Waals surface area contributed by atoms with E-state index in [1.807, 2.05) is 13.8 Å². The van der Waals surface area contributed by atoms with Crippen molar-refractivity contribution in [2.24, 2.45) is 0 Å². The number of hydrogen-bond acceptors (Lipinski definition) is 4. The Morgan fingerprint density at radius 1 is 1.31 bits per heavy atom. The Kier molecular flexibility index (Phi) is 6.51. The molecule has 0 aliphatic rings. The van der Waals surface area contributed by atoms with Gasteiger partial charge in [0.2, 0.25) is 0 Å². The first-order chi connectivity index (χ1) is 7.59. The van der Waals surface area contributed by atoms with Crippen molar-refractivity contribution >= 4 is 17.2 Å². The maximum Gasteiger partial charge on any atom is 0.269 e. The monoisotopic (exact) mass is 224 g/mol. The summed E-state index contributed by atoms with van der Waals surface area (Å²) in [5.41, 5.74) is 0.740. The van der Waals surface area contributed by atoms with Crippen molar-refractivity contribution in [3.05, 3.63) is 34.4 Å². The molecule has 0 unspecified atom stereocenters. The average Bonchev–Trinajstić information content (AvgIpc) is 2.29. The number of Topliss-reactive ketones (excluding diaryl/α,β-unsaturated/α-hetero) is 1. The molecule has 16 heavy (non-hydrogen) atoms. The lowest BCUT2D eigenvalue weighted by molar-refractivity contribution is -0.384. The fourth-order valence-corrected chi connectivity index (χ4v) is 0.928. The van der Waals surface area contributed by atoms with Crippen LogP contribution >= 0.6 is 0 Å². The van der Waals surface area contributed by atoms with Crippen molar-refractivity contribution in [3.8, 4) is 0 Å². The molecular weight excluding hydrogens is 208 g/mol. The van der Waals surface area contributed by atoms with E-state index in [2.05, 4.69) is 5.32 Å². The molecular formula is C11H16N2O3. The van der Waals surface area contributed by atoms with Gasteiger partial charge < -0.3 is 5.32 Å². The summed E-state index contributed by atoms with van der Waals surface area (Å²) in [5, 5.41) is 13.1. The number of nitrogens with one attached hydrogen (secondary N) is 1. The molecule has 0 radical (unpaired) electrons. The average molecular weight is 224 g/mol. The number of carbonyl (C=O) groups excluding carboxylic acids is 1. The summed E-state index contributed by atoms with van der Waals surface area (Å²) in [6.07, 6.45) is 0. The summed E-state index contributed by atoms with van der Waals surface area (Å²) >= 11 is 0. The molecule has 5 nitrogen and oxygen atoms in total. The lowest BCUT2D eigenvalue weighted by Gasteiger charge is -2.02. The smallest absolute Gasteiger partial charge is 0.269 e. The van der Waals surface area contributed by atoms with Gasteiger partial charge in [-0.25, -0.2) is 0 Å². The van der Waals surface area contributed by atoms with Gasteiger partial charge in [-0.05, 0) is 19.1 Å². The standard InChI is InChI=1S/C9H10N2O3.C2H6/c1-7(12)6-10-8-2-4-9(5-3-8)11(13)14;1-2/h2-5,10H,6H2,1H3;1-2H3. The molecule has 0 bridgehead atoms. The molecule has 1 aromatic rings. The van der Waals surface area contributed by atoms with Crippen LogP contribution in [0, 0.1) is 10.1 Å². The predicted octanol–water partition coefficient (Wildman–Crippen LogP) is 2.62. The quantitative estimate of drug-likeness (QED) is 0.630. The van der Waals surface area contributed by atoms with Gasteiger partial charge in [0.05, 0.1) is 11.5 Å². The summed E-state index contributed by atoms with van der Waals surface area (Å²) in [6.45, 7) is 5.70. The van der Waals surface area contributed by atoms with E-state index >= 15 is 0 Å². The van der Waals surface area contributed by atoms with Crippen molar-refractivity contribution in [1.82, 2.24) is 0 Å². The van der Waals surface area contributed by atoms with Gasteiger partial charge in [-0.2, -0.15) is 0 Å². The summed E-state index contributed by atoms with van der Waals surface area (Å²) < 4.78 is 0. The maximum atomic E-state index is 10.6. The van der Waals surface area contributed by atoms with Crippen LogP contribution in [0.5, 0.6) is 0 Å². The molecule has 1 aromatic carbocycles. The van der Waals surface area contributed by atoms with Crippen LogP contribution in [0.3, 0.4) is 0 Å². The molecule has 88 valence electrons. The van der Waals surface area contributed by atoms with Crippen LogP contribution < -0.4 is 5.32 Å².